The van der Waals surface area contributed by atoms with Crippen molar-refractivity contribution in [2.45, 2.75) is 6.61 Å². The van der Waals surface area contributed by atoms with Crippen LogP contribution in [0.4, 0.5) is 8.78 Å². The summed E-state index contributed by atoms with van der Waals surface area (Å²) in [5.74, 6) is -1.16. The van der Waals surface area contributed by atoms with E-state index in [1.54, 1.807) is 24.3 Å². The van der Waals surface area contributed by atoms with Crippen molar-refractivity contribution in [2.75, 3.05) is 0 Å². The van der Waals surface area contributed by atoms with Crippen molar-refractivity contribution in [2.24, 2.45) is 0 Å². The van der Waals surface area contributed by atoms with Gasteiger partial charge in [-0.3, -0.25) is 0 Å². The summed E-state index contributed by atoms with van der Waals surface area (Å²) in [6.07, 6.45) is 0. The molecular weight excluding hydrogens is 246 g/mol. The molecule has 0 aliphatic heterocycles. The summed E-state index contributed by atoms with van der Waals surface area (Å²) in [4.78, 5) is 0. The van der Waals surface area contributed by atoms with E-state index in [2.05, 4.69) is 0 Å². The molecule has 0 amide bonds. The average Bonchev–Trinajstić information content (AvgIpc) is 2.31. The van der Waals surface area contributed by atoms with Gasteiger partial charge in [0.1, 0.15) is 12.4 Å². The van der Waals surface area contributed by atoms with E-state index in [1.165, 1.54) is 6.07 Å². The predicted molar refractivity (Wildman–Crippen MR) is 62.1 cm³/mol. The zero-order valence-electron chi connectivity index (χ0n) is 8.79. The second-order valence-corrected chi connectivity index (χ2v) is 3.93. The Morgan fingerprint density at radius 1 is 1.00 bits per heavy atom. The second-order valence-electron chi connectivity index (χ2n) is 3.49. The number of halogens is 3. The van der Waals surface area contributed by atoms with Crippen LogP contribution in [0.1, 0.15) is 5.56 Å². The van der Waals surface area contributed by atoms with Crippen LogP contribution in [0, 0.1) is 11.6 Å². The van der Waals surface area contributed by atoms with E-state index in [4.69, 9.17) is 16.3 Å². The molecule has 0 aliphatic rings. The molecule has 0 unspecified atom stereocenters. The van der Waals surface area contributed by atoms with Crippen LogP contribution >= 0.6 is 11.6 Å². The Labute approximate surface area is 103 Å². The van der Waals surface area contributed by atoms with Gasteiger partial charge >= 0.3 is 0 Å². The normalized spacial score (nSPS) is 10.3. The van der Waals surface area contributed by atoms with E-state index in [9.17, 15) is 8.78 Å². The van der Waals surface area contributed by atoms with Crippen LogP contribution in [0.15, 0.2) is 42.5 Å². The molecule has 0 aliphatic carbocycles. The summed E-state index contributed by atoms with van der Waals surface area (Å²) in [5.41, 5.74) is 0.559. The van der Waals surface area contributed by atoms with Gasteiger partial charge in [-0.1, -0.05) is 23.7 Å². The average molecular weight is 255 g/mol. The fourth-order valence-corrected chi connectivity index (χ4v) is 1.53. The van der Waals surface area contributed by atoms with Crippen molar-refractivity contribution in [3.8, 4) is 5.75 Å². The number of ether oxygens (including phenoxy) is 1. The standard InChI is InChI=1S/C13H9ClF2O/c14-10-2-1-3-11(7-10)17-8-9-4-5-12(15)13(16)6-9/h1-7H,8H2. The second kappa shape index (κ2) is 5.15. The molecule has 2 aromatic carbocycles. The van der Waals surface area contributed by atoms with Gasteiger partial charge in [-0.2, -0.15) is 0 Å². The molecule has 0 saturated heterocycles. The first-order chi connectivity index (χ1) is 8.15. The molecule has 0 saturated carbocycles. The van der Waals surface area contributed by atoms with E-state index < -0.39 is 11.6 Å². The highest BCUT2D eigenvalue weighted by atomic mass is 35.5. The van der Waals surface area contributed by atoms with Gasteiger partial charge < -0.3 is 4.74 Å². The largest absolute Gasteiger partial charge is 0.489 e. The minimum absolute atomic E-state index is 0.164. The highest BCUT2D eigenvalue weighted by molar-refractivity contribution is 6.30. The highest BCUT2D eigenvalue weighted by Crippen LogP contribution is 2.18. The van der Waals surface area contributed by atoms with Gasteiger partial charge in [-0.25, -0.2) is 8.78 Å². The Kier molecular flexibility index (Phi) is 3.59. The minimum Gasteiger partial charge on any atom is -0.489 e. The van der Waals surface area contributed by atoms with Gasteiger partial charge in [-0.05, 0) is 35.9 Å². The Balaban J connectivity index is 2.05. The molecule has 2 rings (SSSR count). The molecule has 17 heavy (non-hydrogen) atoms. The third kappa shape index (κ3) is 3.17. The molecule has 0 fully saturated rings. The maximum absolute atomic E-state index is 12.9. The van der Waals surface area contributed by atoms with E-state index in [-0.39, 0.29) is 6.61 Å². The van der Waals surface area contributed by atoms with Crippen molar-refractivity contribution in [1.82, 2.24) is 0 Å². The zero-order chi connectivity index (χ0) is 12.3. The molecule has 0 heterocycles. The number of hydrogen-bond acceptors (Lipinski definition) is 1. The van der Waals surface area contributed by atoms with Gasteiger partial charge in [0.25, 0.3) is 0 Å². The van der Waals surface area contributed by atoms with Crippen LogP contribution < -0.4 is 4.74 Å². The van der Waals surface area contributed by atoms with Crippen molar-refractivity contribution in [1.29, 1.82) is 0 Å². The van der Waals surface area contributed by atoms with Crippen molar-refractivity contribution < 1.29 is 13.5 Å². The predicted octanol–water partition coefficient (Wildman–Crippen LogP) is 4.20. The first-order valence-corrected chi connectivity index (χ1v) is 5.35. The monoisotopic (exact) mass is 254 g/mol. The van der Waals surface area contributed by atoms with Crippen LogP contribution in [0.5, 0.6) is 5.75 Å². The SMILES string of the molecule is Fc1ccc(COc2cccc(Cl)c2)cc1F. The zero-order valence-corrected chi connectivity index (χ0v) is 9.55. The van der Waals surface area contributed by atoms with Crippen molar-refractivity contribution >= 4 is 11.6 Å². The molecule has 1 nitrogen and oxygen atoms in total. The molecule has 0 spiro atoms. The summed E-state index contributed by atoms with van der Waals surface area (Å²) in [6, 6.07) is 10.5. The molecule has 88 valence electrons. The lowest BCUT2D eigenvalue weighted by atomic mass is 10.2. The summed E-state index contributed by atoms with van der Waals surface area (Å²) in [6.45, 7) is 0.164. The molecule has 4 heteroatoms. The maximum Gasteiger partial charge on any atom is 0.159 e. The van der Waals surface area contributed by atoms with E-state index in [0.29, 0.717) is 16.3 Å². The Hall–Kier alpha value is -1.61. The maximum atomic E-state index is 12.9. The molecule has 0 aromatic heterocycles. The van der Waals surface area contributed by atoms with Crippen molar-refractivity contribution in [3.63, 3.8) is 0 Å². The first kappa shape index (κ1) is 11.9. The van der Waals surface area contributed by atoms with Gasteiger partial charge in [-0.15, -0.1) is 0 Å². The van der Waals surface area contributed by atoms with Crippen molar-refractivity contribution in [3.05, 3.63) is 64.7 Å². The number of benzene rings is 2. The van der Waals surface area contributed by atoms with Crippen LogP contribution in [0.25, 0.3) is 0 Å². The van der Waals surface area contributed by atoms with Gasteiger partial charge in [0.15, 0.2) is 11.6 Å². The molecule has 0 radical (unpaired) electrons. The number of hydrogen-bond donors (Lipinski definition) is 0. The van der Waals surface area contributed by atoms with Crippen LogP contribution in [0.2, 0.25) is 5.02 Å². The third-order valence-electron chi connectivity index (χ3n) is 2.19. The summed E-state index contributed by atoms with van der Waals surface area (Å²) in [5, 5.41) is 0.563. The van der Waals surface area contributed by atoms with E-state index in [1.807, 2.05) is 0 Å². The Morgan fingerprint density at radius 3 is 2.53 bits per heavy atom. The molecular formula is C13H9ClF2O. The third-order valence-corrected chi connectivity index (χ3v) is 2.42. The topological polar surface area (TPSA) is 9.23 Å². The molecule has 0 bridgehead atoms. The first-order valence-electron chi connectivity index (χ1n) is 4.97. The Bertz CT molecular complexity index is 529. The minimum atomic E-state index is -0.878. The van der Waals surface area contributed by atoms with Gasteiger partial charge in [0.2, 0.25) is 0 Å². The van der Waals surface area contributed by atoms with Gasteiger partial charge in [0.05, 0.1) is 0 Å². The van der Waals surface area contributed by atoms with E-state index >= 15 is 0 Å². The van der Waals surface area contributed by atoms with Gasteiger partial charge in [0, 0.05) is 5.02 Å². The van der Waals surface area contributed by atoms with Crippen LogP contribution in [-0.4, -0.2) is 0 Å². The summed E-state index contributed by atoms with van der Waals surface area (Å²) in [7, 11) is 0. The highest BCUT2D eigenvalue weighted by Gasteiger charge is 2.03. The lowest BCUT2D eigenvalue weighted by Crippen LogP contribution is -1.97. The quantitative estimate of drug-likeness (QED) is 0.798. The molecule has 0 atom stereocenters. The summed E-state index contributed by atoms with van der Waals surface area (Å²) < 4.78 is 31.0. The number of rotatable bonds is 3. The fraction of sp³-hybridized carbons (Fsp3) is 0.0769. The Morgan fingerprint density at radius 2 is 1.82 bits per heavy atom. The van der Waals surface area contributed by atoms with E-state index in [0.717, 1.165) is 12.1 Å². The smallest absolute Gasteiger partial charge is 0.159 e. The lowest BCUT2D eigenvalue weighted by molar-refractivity contribution is 0.305. The lowest BCUT2D eigenvalue weighted by Gasteiger charge is -2.06. The fourth-order valence-electron chi connectivity index (χ4n) is 1.35. The van der Waals surface area contributed by atoms with Crippen LogP contribution in [-0.2, 0) is 6.61 Å². The summed E-state index contributed by atoms with van der Waals surface area (Å²) >= 11 is 5.78. The molecule has 2 aromatic rings. The molecule has 0 N–H and O–H groups in total. The van der Waals surface area contributed by atoms with Crippen LogP contribution in [0.3, 0.4) is 0 Å².